The van der Waals surface area contributed by atoms with Gasteiger partial charge in [0.25, 0.3) is 5.91 Å². The van der Waals surface area contributed by atoms with Gasteiger partial charge >= 0.3 is 0 Å². The monoisotopic (exact) mass is 475 g/mol. The molecule has 3 N–H and O–H groups in total. The third-order valence-electron chi connectivity index (χ3n) is 3.90. The molecule has 0 heterocycles. The largest absolute Gasteiger partial charge is 0.362 e. The summed E-state index contributed by atoms with van der Waals surface area (Å²) in [7, 11) is -1.27. The van der Waals surface area contributed by atoms with E-state index in [0.717, 1.165) is 0 Å². The molecule has 0 bridgehead atoms. The summed E-state index contributed by atoms with van der Waals surface area (Å²) >= 11 is 12.3. The summed E-state index contributed by atoms with van der Waals surface area (Å²) in [6.45, 7) is 5.86. The Morgan fingerprint density at radius 2 is 1.90 bits per heavy atom. The van der Waals surface area contributed by atoms with Crippen molar-refractivity contribution >= 4 is 57.2 Å². The van der Waals surface area contributed by atoms with Crippen LogP contribution in [0.2, 0.25) is 10.0 Å². The zero-order valence-electron chi connectivity index (χ0n) is 17.1. The number of carbonyl (C=O) groups excluding carboxylic acids is 1. The van der Waals surface area contributed by atoms with Crippen molar-refractivity contribution in [1.82, 2.24) is 5.32 Å². The molecule has 5 nitrogen and oxygen atoms in total. The van der Waals surface area contributed by atoms with Crippen LogP contribution < -0.4 is 15.4 Å². The predicted octanol–water partition coefficient (Wildman–Crippen LogP) is 5.91. The van der Waals surface area contributed by atoms with Crippen molar-refractivity contribution in [3.05, 3.63) is 101 Å². The molecule has 0 aromatic heterocycles. The van der Waals surface area contributed by atoms with Crippen LogP contribution in [-0.2, 0) is 15.8 Å². The van der Waals surface area contributed by atoms with Gasteiger partial charge in [-0.05, 0) is 49.4 Å². The highest BCUT2D eigenvalue weighted by Gasteiger charge is 2.11. The number of hydrogen-bond acceptors (Lipinski definition) is 3. The van der Waals surface area contributed by atoms with Gasteiger partial charge < -0.3 is 15.4 Å². The van der Waals surface area contributed by atoms with Crippen molar-refractivity contribution in [1.29, 1.82) is 0 Å². The topological polar surface area (TPSA) is 70.2 Å². The average Bonchev–Trinajstić information content (AvgIpc) is 2.70. The van der Waals surface area contributed by atoms with Crippen LogP contribution in [0, 0.1) is 0 Å². The molecule has 1 amide bonds. The Morgan fingerprint density at radius 1 is 1.16 bits per heavy atom. The van der Waals surface area contributed by atoms with E-state index in [4.69, 9.17) is 23.2 Å². The quantitative estimate of drug-likeness (QED) is 0.311. The molecular formula is C23H23Cl2N3O2S. The van der Waals surface area contributed by atoms with Crippen LogP contribution >= 0.6 is 23.2 Å². The fraction of sp³-hybridized carbons (Fsp3) is 0.0870. The molecule has 2 aromatic carbocycles. The lowest BCUT2D eigenvalue weighted by Crippen LogP contribution is -2.14. The van der Waals surface area contributed by atoms with E-state index in [-0.39, 0.29) is 5.91 Å². The van der Waals surface area contributed by atoms with E-state index in [1.165, 1.54) is 6.26 Å². The molecule has 0 aliphatic heterocycles. The smallest absolute Gasteiger partial charge is 0.255 e. The highest BCUT2D eigenvalue weighted by atomic mass is 35.5. The number of hydrogen-bond donors (Lipinski definition) is 3. The van der Waals surface area contributed by atoms with Gasteiger partial charge in [0.15, 0.2) is 0 Å². The number of carbonyl (C=O) groups is 1. The van der Waals surface area contributed by atoms with E-state index in [0.29, 0.717) is 38.3 Å². The van der Waals surface area contributed by atoms with E-state index >= 15 is 0 Å². The normalized spacial score (nSPS) is 12.7. The number of benzene rings is 2. The number of rotatable bonds is 9. The van der Waals surface area contributed by atoms with Crippen LogP contribution in [0.15, 0.2) is 85.1 Å². The molecular weight excluding hydrogens is 453 g/mol. The summed E-state index contributed by atoms with van der Waals surface area (Å²) in [6, 6.07) is 12.1. The summed E-state index contributed by atoms with van der Waals surface area (Å²) < 4.78 is 14.4. The Hall–Kier alpha value is -2.80. The second-order valence-electron chi connectivity index (χ2n) is 6.29. The molecule has 0 fully saturated rings. The fourth-order valence-corrected chi connectivity index (χ4v) is 3.51. The van der Waals surface area contributed by atoms with Crippen LogP contribution in [0.4, 0.5) is 11.4 Å². The van der Waals surface area contributed by atoms with Gasteiger partial charge in [0.05, 0.1) is 10.7 Å². The lowest BCUT2D eigenvalue weighted by atomic mass is 10.1. The number of nitrogens with one attached hydrogen (secondary N) is 3. The Morgan fingerprint density at radius 3 is 2.58 bits per heavy atom. The van der Waals surface area contributed by atoms with Gasteiger partial charge in [-0.1, -0.05) is 54.1 Å². The number of anilines is 2. The highest BCUT2D eigenvalue weighted by Crippen LogP contribution is 2.29. The first-order valence-corrected chi connectivity index (χ1v) is 11.5. The molecule has 0 saturated carbocycles. The van der Waals surface area contributed by atoms with Crippen molar-refractivity contribution in [2.24, 2.45) is 0 Å². The van der Waals surface area contributed by atoms with Crippen molar-refractivity contribution < 1.29 is 9.00 Å². The summed E-state index contributed by atoms with van der Waals surface area (Å²) in [6.07, 6.45) is 10.00. The number of amides is 1. The third kappa shape index (κ3) is 7.75. The standard InChI is InChI=1S/C23H23Cl2N3O2S/c1-4-5-8-17(23(29)27-19-10-6-9-18(24)15-19)13-14-26-16(2)22-20(25)11-7-12-21(22)28-31(3)30/h4-15,26,28H,2H2,1,3H3,(H,27,29)/b5-4+,14-13+,17-8+. The van der Waals surface area contributed by atoms with Gasteiger partial charge in [-0.3, -0.25) is 4.79 Å². The van der Waals surface area contributed by atoms with Crippen molar-refractivity contribution in [3.8, 4) is 0 Å². The summed E-state index contributed by atoms with van der Waals surface area (Å²) in [5, 5.41) is 6.81. The summed E-state index contributed by atoms with van der Waals surface area (Å²) in [4.78, 5) is 12.7. The molecule has 8 heteroatoms. The molecule has 0 aliphatic rings. The zero-order chi connectivity index (χ0) is 22.8. The predicted molar refractivity (Wildman–Crippen MR) is 133 cm³/mol. The van der Waals surface area contributed by atoms with Gasteiger partial charge in [0, 0.05) is 40.0 Å². The molecule has 1 atom stereocenters. The first kappa shape index (κ1) is 24.5. The van der Waals surface area contributed by atoms with Crippen molar-refractivity contribution in [2.75, 3.05) is 16.3 Å². The Labute approximate surface area is 195 Å². The highest BCUT2D eigenvalue weighted by molar-refractivity contribution is 7.85. The number of allylic oxidation sites excluding steroid dienone is 3. The van der Waals surface area contributed by atoms with Gasteiger partial charge in [-0.2, -0.15) is 0 Å². The molecule has 31 heavy (non-hydrogen) atoms. The van der Waals surface area contributed by atoms with Gasteiger partial charge in [0.2, 0.25) is 0 Å². The lowest BCUT2D eigenvalue weighted by molar-refractivity contribution is -0.112. The molecule has 1 unspecified atom stereocenters. The molecule has 2 rings (SSSR count). The summed E-state index contributed by atoms with van der Waals surface area (Å²) in [5.74, 6) is -0.300. The third-order valence-corrected chi connectivity index (χ3v) is 4.96. The lowest BCUT2D eigenvalue weighted by Gasteiger charge is -2.14. The van der Waals surface area contributed by atoms with E-state index in [1.807, 2.05) is 13.0 Å². The van der Waals surface area contributed by atoms with Crippen LogP contribution in [0.5, 0.6) is 0 Å². The second-order valence-corrected chi connectivity index (χ2v) is 8.24. The van der Waals surface area contributed by atoms with E-state index in [2.05, 4.69) is 21.9 Å². The molecule has 0 radical (unpaired) electrons. The molecule has 0 aliphatic carbocycles. The average molecular weight is 476 g/mol. The van der Waals surface area contributed by atoms with Crippen molar-refractivity contribution in [2.45, 2.75) is 6.92 Å². The molecule has 0 spiro atoms. The van der Waals surface area contributed by atoms with Gasteiger partial charge in [-0.25, -0.2) is 4.21 Å². The van der Waals surface area contributed by atoms with Crippen LogP contribution in [-0.4, -0.2) is 16.4 Å². The second kappa shape index (κ2) is 12.2. The maximum Gasteiger partial charge on any atom is 0.255 e. The first-order chi connectivity index (χ1) is 14.8. The minimum absolute atomic E-state index is 0.300. The van der Waals surface area contributed by atoms with E-state index in [1.54, 1.807) is 66.9 Å². The van der Waals surface area contributed by atoms with E-state index in [9.17, 15) is 9.00 Å². The SMILES string of the molecule is C=C(N/C=C/C(=C\C=C\C)C(=O)Nc1cccc(Cl)c1)c1c(Cl)cccc1NS(C)=O. The van der Waals surface area contributed by atoms with Crippen LogP contribution in [0.3, 0.4) is 0 Å². The maximum atomic E-state index is 12.7. The Kier molecular flexibility index (Phi) is 9.59. The first-order valence-electron chi connectivity index (χ1n) is 9.22. The Bertz CT molecular complexity index is 1080. The van der Waals surface area contributed by atoms with E-state index < -0.39 is 11.0 Å². The van der Waals surface area contributed by atoms with Gasteiger partial charge in [-0.15, -0.1) is 0 Å². The Balaban J connectivity index is 2.18. The minimum atomic E-state index is -1.27. The minimum Gasteiger partial charge on any atom is -0.362 e. The number of halogens is 2. The summed E-state index contributed by atoms with van der Waals surface area (Å²) in [5.41, 5.74) is 2.66. The zero-order valence-corrected chi connectivity index (χ0v) is 19.4. The molecule has 162 valence electrons. The van der Waals surface area contributed by atoms with Crippen LogP contribution in [0.25, 0.3) is 5.70 Å². The molecule has 0 saturated heterocycles. The maximum absolute atomic E-state index is 12.7. The fourth-order valence-electron chi connectivity index (χ4n) is 2.55. The van der Waals surface area contributed by atoms with Crippen molar-refractivity contribution in [3.63, 3.8) is 0 Å². The van der Waals surface area contributed by atoms with Gasteiger partial charge in [0.1, 0.15) is 11.0 Å². The molecule has 2 aromatic rings. The van der Waals surface area contributed by atoms with Crippen LogP contribution in [0.1, 0.15) is 12.5 Å².